The van der Waals surface area contributed by atoms with Gasteiger partial charge in [0, 0.05) is 17.0 Å². The normalized spacial score (nSPS) is 17.7. The molecule has 0 spiro atoms. The average molecular weight is 446 g/mol. The van der Waals surface area contributed by atoms with Crippen LogP contribution in [0.5, 0.6) is 0 Å². The molecule has 6 nitrogen and oxygen atoms in total. The lowest BCUT2D eigenvalue weighted by Crippen LogP contribution is -2.46. The first kappa shape index (κ1) is 23.4. The summed E-state index contributed by atoms with van der Waals surface area (Å²) in [4.78, 5) is 26.6. The predicted molar refractivity (Wildman–Crippen MR) is 122 cm³/mol. The summed E-state index contributed by atoms with van der Waals surface area (Å²) in [6.07, 6.45) is 5.72. The number of thiophene rings is 1. The van der Waals surface area contributed by atoms with Crippen molar-refractivity contribution in [3.05, 3.63) is 51.7 Å². The summed E-state index contributed by atoms with van der Waals surface area (Å²) in [7, 11) is 0. The van der Waals surface area contributed by atoms with Crippen LogP contribution in [-0.4, -0.2) is 34.7 Å². The van der Waals surface area contributed by atoms with E-state index >= 15 is 0 Å². The number of nitrogens with zero attached hydrogens (tertiary/aromatic N) is 1. The van der Waals surface area contributed by atoms with E-state index in [2.05, 4.69) is 6.92 Å². The summed E-state index contributed by atoms with van der Waals surface area (Å²) < 4.78 is 5.85. The highest BCUT2D eigenvalue weighted by Gasteiger charge is 2.29. The lowest BCUT2D eigenvalue weighted by Gasteiger charge is -2.35. The minimum atomic E-state index is -0.931. The maximum absolute atomic E-state index is 12.7. The van der Waals surface area contributed by atoms with E-state index in [9.17, 15) is 14.7 Å². The number of carbonyl (C=O) groups is 2. The number of amides is 1. The number of ether oxygens (including phenoxy) is 1. The number of carboxylic acid groups (broad SMARTS) is 1. The number of aliphatic hydroxyl groups excluding tert-OH is 1. The summed E-state index contributed by atoms with van der Waals surface area (Å²) in [5.74, 6) is -0.848. The van der Waals surface area contributed by atoms with Gasteiger partial charge in [-0.3, -0.25) is 4.79 Å². The third kappa shape index (κ3) is 6.38. The average Bonchev–Trinajstić information content (AvgIpc) is 3.23. The number of hydrogen-bond acceptors (Lipinski definition) is 5. The Morgan fingerprint density at radius 3 is 2.68 bits per heavy atom. The molecule has 0 radical (unpaired) electrons. The minimum Gasteiger partial charge on any atom is -0.477 e. The number of piperidine rings is 1. The van der Waals surface area contributed by atoms with Gasteiger partial charge in [-0.15, -0.1) is 11.3 Å². The molecule has 1 fully saturated rings. The number of aliphatic hydroxyl groups is 1. The van der Waals surface area contributed by atoms with Crippen molar-refractivity contribution in [3.63, 3.8) is 0 Å². The molecule has 168 valence electrons. The van der Waals surface area contributed by atoms with Gasteiger partial charge in [0.25, 0.3) is 0 Å². The Hall–Kier alpha value is -2.22. The van der Waals surface area contributed by atoms with Crippen LogP contribution < -0.4 is 4.90 Å². The maximum Gasteiger partial charge on any atom is 0.345 e. The summed E-state index contributed by atoms with van der Waals surface area (Å²) in [5.41, 5.74) is 1.70. The lowest BCUT2D eigenvalue weighted by molar-refractivity contribution is -0.120. The highest BCUT2D eigenvalue weighted by molar-refractivity contribution is 7.13. The first-order valence-corrected chi connectivity index (χ1v) is 11.8. The van der Waals surface area contributed by atoms with E-state index < -0.39 is 12.1 Å². The van der Waals surface area contributed by atoms with Gasteiger partial charge in [0.15, 0.2) is 0 Å². The Balaban J connectivity index is 1.60. The molecule has 31 heavy (non-hydrogen) atoms. The smallest absolute Gasteiger partial charge is 0.345 e. The van der Waals surface area contributed by atoms with Gasteiger partial charge in [0.2, 0.25) is 5.91 Å². The molecular weight excluding hydrogens is 414 g/mol. The Morgan fingerprint density at radius 1 is 1.23 bits per heavy atom. The van der Waals surface area contributed by atoms with Crippen molar-refractivity contribution in [3.8, 4) is 0 Å². The van der Waals surface area contributed by atoms with Crippen LogP contribution in [0.4, 0.5) is 5.69 Å². The number of benzene rings is 1. The summed E-state index contributed by atoms with van der Waals surface area (Å²) >= 11 is 1.21. The van der Waals surface area contributed by atoms with Crippen molar-refractivity contribution in [2.75, 3.05) is 11.5 Å². The van der Waals surface area contributed by atoms with Crippen molar-refractivity contribution in [2.24, 2.45) is 0 Å². The molecule has 1 aliphatic rings. The largest absolute Gasteiger partial charge is 0.477 e. The molecule has 1 aromatic carbocycles. The standard InChI is InChI=1S/C24H31NO5S/c1-2-3-4-7-21(26)17-9-11-18(12-10-17)25-19(6-5-8-23(25)27)15-30-16-20-13-14-22(31-20)24(28)29/h9-14,19,21,26H,2-8,15-16H2,1H3,(H,28,29)/t19?,21-/m1/s1. The molecule has 1 saturated heterocycles. The van der Waals surface area contributed by atoms with E-state index in [1.807, 2.05) is 29.2 Å². The van der Waals surface area contributed by atoms with Crippen LogP contribution in [0.2, 0.25) is 0 Å². The monoisotopic (exact) mass is 445 g/mol. The molecule has 1 amide bonds. The van der Waals surface area contributed by atoms with Gasteiger partial charge in [0.1, 0.15) is 4.88 Å². The van der Waals surface area contributed by atoms with Crippen LogP contribution in [0, 0.1) is 0 Å². The highest BCUT2D eigenvalue weighted by Crippen LogP contribution is 2.29. The number of anilines is 1. The quantitative estimate of drug-likeness (QED) is 0.466. The minimum absolute atomic E-state index is 0.0551. The second-order valence-electron chi connectivity index (χ2n) is 8.00. The van der Waals surface area contributed by atoms with Gasteiger partial charge in [-0.2, -0.15) is 0 Å². The van der Waals surface area contributed by atoms with Crippen molar-refractivity contribution >= 4 is 28.9 Å². The molecule has 2 N–H and O–H groups in total. The summed E-state index contributed by atoms with van der Waals surface area (Å²) in [5, 5.41) is 19.4. The van der Waals surface area contributed by atoms with Crippen molar-refractivity contribution in [2.45, 2.75) is 70.6 Å². The van der Waals surface area contributed by atoms with Crippen LogP contribution in [0.3, 0.4) is 0 Å². The van der Waals surface area contributed by atoms with E-state index in [-0.39, 0.29) is 11.9 Å². The number of hydrogen-bond donors (Lipinski definition) is 2. The Labute approximate surface area is 187 Å². The van der Waals surface area contributed by atoms with Crippen LogP contribution >= 0.6 is 11.3 Å². The van der Waals surface area contributed by atoms with Crippen LogP contribution in [-0.2, 0) is 16.1 Å². The van der Waals surface area contributed by atoms with Gasteiger partial charge >= 0.3 is 5.97 Å². The summed E-state index contributed by atoms with van der Waals surface area (Å²) in [6, 6.07) is 10.9. The molecule has 1 aromatic heterocycles. The SMILES string of the molecule is CCCCC[C@@H](O)c1ccc(N2C(=O)CCCC2COCc2ccc(C(=O)O)s2)cc1. The molecule has 0 saturated carbocycles. The fourth-order valence-corrected chi connectivity index (χ4v) is 4.72. The van der Waals surface area contributed by atoms with Crippen molar-refractivity contribution < 1.29 is 24.5 Å². The van der Waals surface area contributed by atoms with Crippen LogP contribution in [0.1, 0.15) is 78.1 Å². The lowest BCUT2D eigenvalue weighted by atomic mass is 9.99. The van der Waals surface area contributed by atoms with Gasteiger partial charge in [-0.1, -0.05) is 38.3 Å². The van der Waals surface area contributed by atoms with Gasteiger partial charge in [-0.25, -0.2) is 4.79 Å². The Bertz CT molecular complexity index is 863. The fraction of sp³-hybridized carbons (Fsp3) is 0.500. The number of rotatable bonds is 11. The molecule has 0 bridgehead atoms. The number of carboxylic acids is 1. The van der Waals surface area contributed by atoms with Crippen LogP contribution in [0.15, 0.2) is 36.4 Å². The van der Waals surface area contributed by atoms with Crippen molar-refractivity contribution in [1.29, 1.82) is 0 Å². The number of aromatic carboxylic acids is 1. The number of unbranched alkanes of at least 4 members (excludes halogenated alkanes) is 2. The molecule has 2 heterocycles. The van der Waals surface area contributed by atoms with Crippen molar-refractivity contribution in [1.82, 2.24) is 0 Å². The van der Waals surface area contributed by atoms with Gasteiger partial charge in [-0.05, 0) is 49.1 Å². The Kier molecular flexibility index (Phi) is 8.63. The zero-order chi connectivity index (χ0) is 22.2. The van der Waals surface area contributed by atoms with E-state index in [1.54, 1.807) is 12.1 Å². The third-order valence-corrected chi connectivity index (χ3v) is 6.67. The van der Waals surface area contributed by atoms with E-state index in [1.165, 1.54) is 11.3 Å². The van der Waals surface area contributed by atoms with Crippen LogP contribution in [0.25, 0.3) is 0 Å². The molecule has 1 unspecified atom stereocenters. The third-order valence-electron chi connectivity index (χ3n) is 5.63. The molecule has 0 aliphatic carbocycles. The maximum atomic E-state index is 12.7. The predicted octanol–water partition coefficient (Wildman–Crippen LogP) is 5.16. The fourth-order valence-electron chi connectivity index (χ4n) is 3.93. The zero-order valence-corrected chi connectivity index (χ0v) is 18.8. The van der Waals surface area contributed by atoms with Gasteiger partial charge < -0.3 is 19.8 Å². The van der Waals surface area contributed by atoms with E-state index in [0.29, 0.717) is 24.5 Å². The van der Waals surface area contributed by atoms with E-state index in [4.69, 9.17) is 9.84 Å². The second kappa shape index (κ2) is 11.4. The molecule has 3 rings (SSSR count). The Morgan fingerprint density at radius 2 is 2.00 bits per heavy atom. The first-order valence-electron chi connectivity index (χ1n) is 11.0. The molecule has 2 aromatic rings. The molecular formula is C24H31NO5S. The molecule has 2 atom stereocenters. The summed E-state index contributed by atoms with van der Waals surface area (Å²) in [6.45, 7) is 2.87. The van der Waals surface area contributed by atoms with Gasteiger partial charge in [0.05, 0.1) is 25.4 Å². The van der Waals surface area contributed by atoms with E-state index in [0.717, 1.165) is 54.7 Å². The molecule has 1 aliphatic heterocycles. The second-order valence-corrected chi connectivity index (χ2v) is 9.17. The number of carbonyl (C=O) groups excluding carboxylic acids is 1. The highest BCUT2D eigenvalue weighted by atomic mass is 32.1. The zero-order valence-electron chi connectivity index (χ0n) is 18.0. The first-order chi connectivity index (χ1) is 15.0. The topological polar surface area (TPSA) is 87.1 Å². The molecule has 7 heteroatoms.